The van der Waals surface area contributed by atoms with Gasteiger partial charge in [-0.3, -0.25) is 4.79 Å². The Kier molecular flexibility index (Phi) is 4.70. The summed E-state index contributed by atoms with van der Waals surface area (Å²) in [5, 5.41) is 14.2. The van der Waals surface area contributed by atoms with Crippen molar-refractivity contribution in [1.82, 2.24) is 9.97 Å². The van der Waals surface area contributed by atoms with Gasteiger partial charge < -0.3 is 15.7 Å². The van der Waals surface area contributed by atoms with Crippen molar-refractivity contribution in [3.05, 3.63) is 71.9 Å². The van der Waals surface area contributed by atoms with Gasteiger partial charge in [0.25, 0.3) is 5.91 Å². The van der Waals surface area contributed by atoms with E-state index in [0.29, 0.717) is 5.69 Å². The number of carbonyl (C=O) groups is 1. The van der Waals surface area contributed by atoms with Gasteiger partial charge in [0, 0.05) is 29.6 Å². The number of rotatable bonds is 4. The van der Waals surface area contributed by atoms with Crippen LogP contribution in [-0.2, 0) is 0 Å². The zero-order valence-electron chi connectivity index (χ0n) is 13.0. The van der Waals surface area contributed by atoms with Gasteiger partial charge in [-0.15, -0.1) is 0 Å². The lowest BCUT2D eigenvalue weighted by molar-refractivity contribution is 0.102. The molecule has 132 valence electrons. The number of hydrogen-bond acceptors (Lipinski definition) is 5. The van der Waals surface area contributed by atoms with Gasteiger partial charge in [0.1, 0.15) is 23.7 Å². The number of amides is 1. The third-order valence-electron chi connectivity index (χ3n) is 3.29. The molecule has 9 heteroatoms. The first-order valence-corrected chi connectivity index (χ1v) is 7.26. The summed E-state index contributed by atoms with van der Waals surface area (Å²) in [7, 11) is 0. The molecule has 3 rings (SSSR count). The molecule has 0 radical (unpaired) electrons. The second-order valence-electron chi connectivity index (χ2n) is 5.16. The highest BCUT2D eigenvalue weighted by atomic mass is 19.1. The van der Waals surface area contributed by atoms with E-state index in [1.807, 2.05) is 0 Å². The number of nitrogens with zero attached hydrogens (tertiary/aromatic N) is 2. The molecule has 0 aliphatic rings. The van der Waals surface area contributed by atoms with Crippen molar-refractivity contribution in [2.24, 2.45) is 0 Å². The standard InChI is InChI=1S/C17H11F3N4O2/c18-9-1-3-10(4-2-9)24-17(26)14-7-15(22-8-21-14)23-11-5-12(19)16(25)13(20)6-11/h1-8,25H,(H,24,26)(H,21,22,23). The van der Waals surface area contributed by atoms with Crippen molar-refractivity contribution in [2.75, 3.05) is 10.6 Å². The third-order valence-corrected chi connectivity index (χ3v) is 3.29. The van der Waals surface area contributed by atoms with Crippen LogP contribution >= 0.6 is 0 Å². The Morgan fingerprint density at radius 2 is 1.58 bits per heavy atom. The number of aromatic nitrogens is 2. The smallest absolute Gasteiger partial charge is 0.274 e. The molecule has 1 heterocycles. The lowest BCUT2D eigenvalue weighted by Crippen LogP contribution is -2.14. The Hall–Kier alpha value is -3.62. The molecule has 2 aromatic carbocycles. The normalized spacial score (nSPS) is 10.4. The fraction of sp³-hybridized carbons (Fsp3) is 0. The number of carbonyl (C=O) groups excluding carboxylic acids is 1. The van der Waals surface area contributed by atoms with Crippen LogP contribution in [-0.4, -0.2) is 21.0 Å². The summed E-state index contributed by atoms with van der Waals surface area (Å²) in [6.07, 6.45) is 1.09. The maximum atomic E-state index is 13.4. The summed E-state index contributed by atoms with van der Waals surface area (Å²) >= 11 is 0. The van der Waals surface area contributed by atoms with Gasteiger partial charge in [-0.1, -0.05) is 0 Å². The molecule has 0 aliphatic heterocycles. The fourth-order valence-corrected chi connectivity index (χ4v) is 2.06. The summed E-state index contributed by atoms with van der Waals surface area (Å²) in [4.78, 5) is 19.9. The van der Waals surface area contributed by atoms with Crippen LogP contribution < -0.4 is 10.6 Å². The number of hydrogen-bond donors (Lipinski definition) is 3. The molecule has 0 saturated carbocycles. The van der Waals surface area contributed by atoms with E-state index in [0.717, 1.165) is 18.5 Å². The predicted octanol–water partition coefficient (Wildman–Crippen LogP) is 3.60. The summed E-state index contributed by atoms with van der Waals surface area (Å²) in [6, 6.07) is 8.16. The fourth-order valence-electron chi connectivity index (χ4n) is 2.06. The minimum absolute atomic E-state index is 0.0126. The highest BCUT2D eigenvalue weighted by Gasteiger charge is 2.12. The molecule has 0 saturated heterocycles. The van der Waals surface area contributed by atoms with Crippen molar-refractivity contribution in [3.63, 3.8) is 0 Å². The van der Waals surface area contributed by atoms with Crippen LogP contribution in [0.2, 0.25) is 0 Å². The van der Waals surface area contributed by atoms with E-state index in [-0.39, 0.29) is 17.2 Å². The highest BCUT2D eigenvalue weighted by Crippen LogP contribution is 2.25. The quantitative estimate of drug-likeness (QED) is 0.619. The number of benzene rings is 2. The van der Waals surface area contributed by atoms with Crippen molar-refractivity contribution in [2.45, 2.75) is 0 Å². The molecule has 0 unspecified atom stereocenters. The summed E-state index contributed by atoms with van der Waals surface area (Å²) in [6.45, 7) is 0. The van der Waals surface area contributed by atoms with E-state index < -0.39 is 29.1 Å². The molecular weight excluding hydrogens is 349 g/mol. The molecule has 3 N–H and O–H groups in total. The van der Waals surface area contributed by atoms with Crippen LogP contribution in [0.25, 0.3) is 0 Å². The Morgan fingerprint density at radius 3 is 2.23 bits per heavy atom. The van der Waals surface area contributed by atoms with Gasteiger partial charge >= 0.3 is 0 Å². The zero-order chi connectivity index (χ0) is 18.7. The summed E-state index contributed by atoms with van der Waals surface area (Å²) in [5.41, 5.74) is 0.333. The molecule has 0 atom stereocenters. The van der Waals surface area contributed by atoms with Crippen LogP contribution in [0.1, 0.15) is 10.5 Å². The van der Waals surface area contributed by atoms with E-state index in [1.54, 1.807) is 0 Å². The lowest BCUT2D eigenvalue weighted by atomic mass is 10.2. The number of phenols is 1. The SMILES string of the molecule is O=C(Nc1ccc(F)cc1)c1cc(Nc2cc(F)c(O)c(F)c2)ncn1. The van der Waals surface area contributed by atoms with Gasteiger partial charge in [-0.25, -0.2) is 23.1 Å². The molecule has 1 aromatic heterocycles. The second kappa shape index (κ2) is 7.09. The minimum atomic E-state index is -1.14. The zero-order valence-corrected chi connectivity index (χ0v) is 13.0. The Balaban J connectivity index is 1.77. The van der Waals surface area contributed by atoms with Gasteiger partial charge in [0.05, 0.1) is 0 Å². The summed E-state index contributed by atoms with van der Waals surface area (Å²) < 4.78 is 39.6. The molecular formula is C17H11F3N4O2. The predicted molar refractivity (Wildman–Crippen MR) is 87.7 cm³/mol. The van der Waals surface area contributed by atoms with Gasteiger partial charge in [0.15, 0.2) is 17.4 Å². The van der Waals surface area contributed by atoms with Crippen LogP contribution in [0.3, 0.4) is 0 Å². The molecule has 6 nitrogen and oxygen atoms in total. The van der Waals surface area contributed by atoms with Crippen molar-refractivity contribution in [1.29, 1.82) is 0 Å². The molecule has 0 aliphatic carbocycles. The lowest BCUT2D eigenvalue weighted by Gasteiger charge is -2.09. The maximum Gasteiger partial charge on any atom is 0.274 e. The Morgan fingerprint density at radius 1 is 0.923 bits per heavy atom. The topological polar surface area (TPSA) is 87.1 Å². The van der Waals surface area contributed by atoms with Crippen LogP contribution in [0.15, 0.2) is 48.8 Å². The molecule has 26 heavy (non-hydrogen) atoms. The molecule has 0 fully saturated rings. The van der Waals surface area contributed by atoms with Crippen molar-refractivity contribution >= 4 is 23.1 Å². The summed E-state index contributed by atoms with van der Waals surface area (Å²) in [5.74, 6) is -4.28. The molecule has 0 bridgehead atoms. The first-order chi connectivity index (χ1) is 12.4. The van der Waals surface area contributed by atoms with Gasteiger partial charge in [-0.05, 0) is 24.3 Å². The number of aromatic hydroxyl groups is 1. The molecule has 1 amide bonds. The van der Waals surface area contributed by atoms with Crippen LogP contribution in [0, 0.1) is 17.5 Å². The second-order valence-corrected chi connectivity index (χ2v) is 5.16. The average molecular weight is 360 g/mol. The molecule has 3 aromatic rings. The highest BCUT2D eigenvalue weighted by molar-refractivity contribution is 6.03. The number of anilines is 3. The maximum absolute atomic E-state index is 13.4. The van der Waals surface area contributed by atoms with E-state index >= 15 is 0 Å². The number of phenolic OH excluding ortho intramolecular Hbond substituents is 1. The van der Waals surface area contributed by atoms with E-state index in [9.17, 15) is 18.0 Å². The molecule has 0 spiro atoms. The average Bonchev–Trinajstić information content (AvgIpc) is 2.62. The number of halogens is 3. The Bertz CT molecular complexity index is 941. The third kappa shape index (κ3) is 3.89. The minimum Gasteiger partial charge on any atom is -0.503 e. The number of nitrogens with one attached hydrogen (secondary N) is 2. The van der Waals surface area contributed by atoms with Crippen LogP contribution in [0.4, 0.5) is 30.4 Å². The van der Waals surface area contributed by atoms with E-state index in [1.165, 1.54) is 30.3 Å². The monoisotopic (exact) mass is 360 g/mol. The first kappa shape index (κ1) is 17.2. The largest absolute Gasteiger partial charge is 0.503 e. The van der Waals surface area contributed by atoms with Gasteiger partial charge in [0.2, 0.25) is 0 Å². The van der Waals surface area contributed by atoms with E-state index in [2.05, 4.69) is 20.6 Å². The van der Waals surface area contributed by atoms with E-state index in [4.69, 9.17) is 5.11 Å². The Labute approximate surface area is 145 Å². The first-order valence-electron chi connectivity index (χ1n) is 7.26. The van der Waals surface area contributed by atoms with Crippen molar-refractivity contribution in [3.8, 4) is 5.75 Å². The van der Waals surface area contributed by atoms with Gasteiger partial charge in [-0.2, -0.15) is 0 Å². The van der Waals surface area contributed by atoms with Crippen molar-refractivity contribution < 1.29 is 23.1 Å². The van der Waals surface area contributed by atoms with Crippen LogP contribution in [0.5, 0.6) is 5.75 Å².